The highest BCUT2D eigenvalue weighted by molar-refractivity contribution is 5.75. The molecule has 0 aliphatic carbocycles. The van der Waals surface area contributed by atoms with Gasteiger partial charge in [0, 0.05) is 8.77 Å². The monoisotopic (exact) mass is 91.1 g/mol. The zero-order valence-corrected chi connectivity index (χ0v) is 4.06. The first kappa shape index (κ1) is 5.47. The summed E-state index contributed by atoms with van der Waals surface area (Å²) in [7, 11) is 0. The van der Waals surface area contributed by atoms with E-state index in [1.54, 1.807) is 13.8 Å². The van der Waals surface area contributed by atoms with Crippen LogP contribution in [0.3, 0.4) is 0 Å². The van der Waals surface area contributed by atoms with Crippen LogP contribution in [0, 0.1) is 5.92 Å². The van der Waals surface area contributed by atoms with E-state index in [9.17, 15) is 4.79 Å². The zero-order chi connectivity index (χ0) is 5.15. The van der Waals surface area contributed by atoms with Crippen molar-refractivity contribution in [2.45, 2.75) is 13.8 Å². The average Bonchev–Trinajstić information content (AvgIpc) is 1.36. The van der Waals surface area contributed by atoms with Crippen LogP contribution in [-0.4, -0.2) is 5.91 Å². The van der Waals surface area contributed by atoms with E-state index in [1.807, 2.05) is 0 Å². The lowest BCUT2D eigenvalue weighted by atomic mass is 10.2. The fraction of sp³-hybridized carbons (Fsp3) is 0.750. The highest BCUT2D eigenvalue weighted by atomic mass is 16.1. The van der Waals surface area contributed by atoms with Gasteiger partial charge in [-0.3, -0.25) is 4.79 Å². The van der Waals surface area contributed by atoms with E-state index >= 15 is 0 Å². The van der Waals surface area contributed by atoms with Gasteiger partial charge in [0.15, 0.2) is 0 Å². The molecule has 0 saturated heterocycles. The number of hydrogen-bond donors (Lipinski definition) is 1. The number of hydrogen-bond acceptors (Lipinski definition) is 1. The third kappa shape index (κ3) is 1.76. The highest BCUT2D eigenvalue weighted by Gasteiger charge is 1.96. The van der Waals surface area contributed by atoms with Crippen molar-refractivity contribution in [3.8, 4) is 0 Å². The summed E-state index contributed by atoms with van der Waals surface area (Å²) in [6.07, 6.45) is 0. The summed E-state index contributed by atoms with van der Waals surface area (Å²) in [5, 5.41) is 0. The molecule has 0 unspecified atom stereocenters. The third-order valence-corrected chi connectivity index (χ3v) is 0.569. The fourth-order valence-electron chi connectivity index (χ4n) is 0. The second kappa shape index (κ2) is 1.80. The SMILES string of the molecule is CC(C)C(N)=O.[HH].[HH]. The molecule has 0 aromatic rings. The topological polar surface area (TPSA) is 43.1 Å². The molecule has 40 valence electrons. The van der Waals surface area contributed by atoms with Crippen LogP contribution in [0.1, 0.15) is 16.7 Å². The molecular formula is C4H13NO. The molecule has 0 aromatic heterocycles. The predicted molar refractivity (Wildman–Crippen MR) is 28.3 cm³/mol. The molecule has 1 amide bonds. The van der Waals surface area contributed by atoms with Gasteiger partial charge in [0.1, 0.15) is 0 Å². The average molecular weight is 91.2 g/mol. The van der Waals surface area contributed by atoms with Crippen molar-refractivity contribution < 1.29 is 7.65 Å². The summed E-state index contributed by atoms with van der Waals surface area (Å²) in [5.74, 6) is -0.250. The lowest BCUT2D eigenvalue weighted by Gasteiger charge is -1.90. The molecule has 2 heteroatoms. The van der Waals surface area contributed by atoms with Gasteiger partial charge in [-0.1, -0.05) is 13.8 Å². The first-order valence-electron chi connectivity index (χ1n) is 1.94. The Morgan fingerprint density at radius 3 is 2.00 bits per heavy atom. The van der Waals surface area contributed by atoms with E-state index in [0.29, 0.717) is 0 Å². The van der Waals surface area contributed by atoms with Crippen molar-refractivity contribution in [2.24, 2.45) is 11.7 Å². The van der Waals surface area contributed by atoms with Crippen molar-refractivity contribution in [3.63, 3.8) is 0 Å². The summed E-state index contributed by atoms with van der Waals surface area (Å²) < 4.78 is 0. The minimum atomic E-state index is -0.241. The molecule has 0 aromatic carbocycles. The van der Waals surface area contributed by atoms with Crippen molar-refractivity contribution in [3.05, 3.63) is 0 Å². The van der Waals surface area contributed by atoms with Crippen LogP contribution in [0.25, 0.3) is 0 Å². The van der Waals surface area contributed by atoms with Crippen LogP contribution in [-0.2, 0) is 4.79 Å². The molecule has 0 saturated carbocycles. The summed E-state index contributed by atoms with van der Waals surface area (Å²) in [6, 6.07) is 0. The number of nitrogens with two attached hydrogens (primary N) is 1. The Kier molecular flexibility index (Phi) is 1.64. The maximum absolute atomic E-state index is 9.92. The van der Waals surface area contributed by atoms with Gasteiger partial charge in [0.05, 0.1) is 0 Å². The fourth-order valence-corrected chi connectivity index (χ4v) is 0. The largest absolute Gasteiger partial charge is 0.369 e. The standard InChI is InChI=1S/C4H9NO.2H2/c1-3(2)4(5)6;;/h3H,1-2H3,(H2,5,6);2*1H. The molecule has 2 nitrogen and oxygen atoms in total. The molecule has 2 N–H and O–H groups in total. The second-order valence-electron chi connectivity index (χ2n) is 1.56. The Morgan fingerprint density at radius 1 is 1.83 bits per heavy atom. The van der Waals surface area contributed by atoms with Crippen molar-refractivity contribution >= 4 is 5.91 Å². The van der Waals surface area contributed by atoms with Crippen molar-refractivity contribution in [2.75, 3.05) is 0 Å². The van der Waals surface area contributed by atoms with E-state index in [0.717, 1.165) is 0 Å². The molecule has 0 aliphatic heterocycles. The molecule has 0 fully saturated rings. The van der Waals surface area contributed by atoms with E-state index in [1.165, 1.54) is 0 Å². The number of amides is 1. The Balaban J connectivity index is -0.000000125. The van der Waals surface area contributed by atoms with Crippen LogP contribution < -0.4 is 5.73 Å². The smallest absolute Gasteiger partial charge is 0.219 e. The molecule has 0 radical (unpaired) electrons. The van der Waals surface area contributed by atoms with Gasteiger partial charge in [0.2, 0.25) is 5.91 Å². The maximum atomic E-state index is 9.92. The Labute approximate surface area is 40.3 Å². The van der Waals surface area contributed by atoms with E-state index in [2.05, 4.69) is 0 Å². The van der Waals surface area contributed by atoms with Gasteiger partial charge in [-0.2, -0.15) is 0 Å². The molecule has 0 atom stereocenters. The predicted octanol–water partition coefficient (Wildman–Crippen LogP) is 0.620. The number of rotatable bonds is 1. The third-order valence-electron chi connectivity index (χ3n) is 0.569. The molecule has 6 heavy (non-hydrogen) atoms. The van der Waals surface area contributed by atoms with E-state index < -0.39 is 0 Å². The molecular weight excluding hydrogens is 78.0 g/mol. The summed E-state index contributed by atoms with van der Waals surface area (Å²) >= 11 is 0. The van der Waals surface area contributed by atoms with Gasteiger partial charge < -0.3 is 5.73 Å². The molecule has 0 heterocycles. The van der Waals surface area contributed by atoms with Gasteiger partial charge in [-0.25, -0.2) is 0 Å². The van der Waals surface area contributed by atoms with Crippen LogP contribution in [0.15, 0.2) is 0 Å². The second-order valence-corrected chi connectivity index (χ2v) is 1.56. The molecule has 0 aliphatic rings. The first-order valence-corrected chi connectivity index (χ1v) is 1.94. The van der Waals surface area contributed by atoms with Gasteiger partial charge in [-0.05, 0) is 0 Å². The number of carbonyl (C=O) groups excluding carboxylic acids is 1. The Bertz CT molecular complexity index is 65.1. The molecule has 0 spiro atoms. The Morgan fingerprint density at radius 2 is 2.00 bits per heavy atom. The van der Waals surface area contributed by atoms with Crippen LogP contribution in [0.5, 0.6) is 0 Å². The Hall–Kier alpha value is -0.530. The van der Waals surface area contributed by atoms with Crippen LogP contribution in [0.2, 0.25) is 0 Å². The molecule has 0 bridgehead atoms. The van der Waals surface area contributed by atoms with E-state index in [-0.39, 0.29) is 14.7 Å². The highest BCUT2D eigenvalue weighted by Crippen LogP contribution is 1.84. The van der Waals surface area contributed by atoms with Crippen molar-refractivity contribution in [1.82, 2.24) is 0 Å². The van der Waals surface area contributed by atoms with Crippen LogP contribution >= 0.6 is 0 Å². The minimum Gasteiger partial charge on any atom is -0.369 e. The minimum absolute atomic E-state index is 0. The quantitative estimate of drug-likeness (QED) is 0.505. The van der Waals surface area contributed by atoms with Gasteiger partial charge in [-0.15, -0.1) is 0 Å². The normalized spacial score (nSPS) is 9.17. The zero-order valence-electron chi connectivity index (χ0n) is 4.06. The number of carbonyl (C=O) groups is 1. The lowest BCUT2D eigenvalue weighted by Crippen LogP contribution is -2.17. The lowest BCUT2D eigenvalue weighted by molar-refractivity contribution is -0.120. The van der Waals surface area contributed by atoms with Gasteiger partial charge >= 0.3 is 0 Å². The number of primary amides is 1. The van der Waals surface area contributed by atoms with E-state index in [4.69, 9.17) is 5.73 Å². The summed E-state index contributed by atoms with van der Waals surface area (Å²) in [6.45, 7) is 3.53. The van der Waals surface area contributed by atoms with Crippen LogP contribution in [0.4, 0.5) is 0 Å². The van der Waals surface area contributed by atoms with Gasteiger partial charge in [0.25, 0.3) is 0 Å². The first-order chi connectivity index (χ1) is 2.64. The summed E-state index contributed by atoms with van der Waals surface area (Å²) in [5.41, 5.74) is 4.80. The summed E-state index contributed by atoms with van der Waals surface area (Å²) in [4.78, 5) is 9.92. The van der Waals surface area contributed by atoms with Crippen molar-refractivity contribution in [1.29, 1.82) is 0 Å². The molecule has 0 rings (SSSR count). The maximum Gasteiger partial charge on any atom is 0.219 e.